The molecular weight excluding hydrogens is 250 g/mol. The first-order chi connectivity index (χ1) is 7.39. The lowest BCUT2D eigenvalue weighted by Crippen LogP contribution is -2.00. The molecule has 2 aromatic rings. The van der Waals surface area contributed by atoms with Gasteiger partial charge in [0.25, 0.3) is 9.05 Å². The van der Waals surface area contributed by atoms with E-state index < -0.39 is 9.05 Å². The van der Waals surface area contributed by atoms with Crippen molar-refractivity contribution >= 4 is 30.9 Å². The fourth-order valence-electron chi connectivity index (χ4n) is 1.41. The van der Waals surface area contributed by atoms with E-state index >= 15 is 0 Å². The third kappa shape index (κ3) is 1.90. The van der Waals surface area contributed by atoms with Crippen LogP contribution >= 0.6 is 10.7 Å². The molecule has 0 aliphatic rings. The highest BCUT2D eigenvalue weighted by atomic mass is 35.7. The summed E-state index contributed by atoms with van der Waals surface area (Å²) in [6, 6.07) is 1.64. The highest BCUT2D eigenvalue weighted by Gasteiger charge is 2.14. The zero-order valence-corrected chi connectivity index (χ0v) is 10.3. The summed E-state index contributed by atoms with van der Waals surface area (Å²) in [6.45, 7) is 3.99. The minimum absolute atomic E-state index is 0.0318. The van der Waals surface area contributed by atoms with Crippen LogP contribution in [-0.2, 0) is 9.05 Å². The third-order valence-electron chi connectivity index (χ3n) is 2.23. The number of halogens is 1. The van der Waals surface area contributed by atoms with Crippen LogP contribution in [0.2, 0.25) is 0 Å². The highest BCUT2D eigenvalue weighted by Crippen LogP contribution is 2.20. The Kier molecular flexibility index (Phi) is 2.63. The number of hydrogen-bond donors (Lipinski definition) is 0. The van der Waals surface area contributed by atoms with Crippen LogP contribution in [-0.4, -0.2) is 23.0 Å². The first kappa shape index (κ1) is 11.3. The first-order valence-electron chi connectivity index (χ1n) is 4.67. The van der Waals surface area contributed by atoms with Gasteiger partial charge in [-0.2, -0.15) is 0 Å². The topological polar surface area (TPSA) is 64.8 Å². The maximum Gasteiger partial charge on any atom is 0.262 e. The Morgan fingerprint density at radius 1 is 1.38 bits per heavy atom. The van der Waals surface area contributed by atoms with E-state index in [2.05, 4.69) is 9.97 Å². The second-order valence-electron chi connectivity index (χ2n) is 3.70. The van der Waals surface area contributed by atoms with Gasteiger partial charge in [0.2, 0.25) is 0 Å². The molecular formula is C9H10ClN3O2S. The van der Waals surface area contributed by atoms with Gasteiger partial charge < -0.3 is 4.57 Å². The average molecular weight is 260 g/mol. The molecule has 2 aromatic heterocycles. The summed E-state index contributed by atoms with van der Waals surface area (Å²) in [5, 5.41) is 0. The van der Waals surface area contributed by atoms with E-state index in [0.717, 1.165) is 0 Å². The molecule has 2 rings (SSSR count). The van der Waals surface area contributed by atoms with Crippen molar-refractivity contribution in [2.45, 2.75) is 24.8 Å². The number of nitrogens with zero attached hydrogens (tertiary/aromatic N) is 3. The van der Waals surface area contributed by atoms with Gasteiger partial charge in [0.05, 0.1) is 6.33 Å². The van der Waals surface area contributed by atoms with Gasteiger partial charge >= 0.3 is 0 Å². The Balaban J connectivity index is 2.67. The van der Waals surface area contributed by atoms with Crippen LogP contribution in [0.15, 0.2) is 23.5 Å². The van der Waals surface area contributed by atoms with Crippen LogP contribution in [0.25, 0.3) is 11.2 Å². The monoisotopic (exact) mass is 259 g/mol. The van der Waals surface area contributed by atoms with E-state index in [0.29, 0.717) is 11.2 Å². The minimum Gasteiger partial charge on any atom is -0.313 e. The molecule has 0 saturated heterocycles. The molecule has 7 heteroatoms. The molecule has 0 aromatic carbocycles. The van der Waals surface area contributed by atoms with E-state index in [-0.39, 0.29) is 10.9 Å². The van der Waals surface area contributed by atoms with Crippen LogP contribution < -0.4 is 0 Å². The van der Waals surface area contributed by atoms with Gasteiger partial charge in [0.1, 0.15) is 10.4 Å². The summed E-state index contributed by atoms with van der Waals surface area (Å²) in [5.41, 5.74) is 1.18. The number of pyridine rings is 1. The van der Waals surface area contributed by atoms with E-state index in [4.69, 9.17) is 10.7 Å². The van der Waals surface area contributed by atoms with Crippen LogP contribution in [0.4, 0.5) is 0 Å². The van der Waals surface area contributed by atoms with Crippen LogP contribution in [0, 0.1) is 0 Å². The van der Waals surface area contributed by atoms with Crippen molar-refractivity contribution in [1.82, 2.24) is 14.5 Å². The SMILES string of the molecule is CC(C)n1cnc2cc(S(=O)(=O)Cl)cnc21. The predicted octanol–water partition coefficient (Wildman–Crippen LogP) is 1.94. The second-order valence-corrected chi connectivity index (χ2v) is 6.26. The van der Waals surface area contributed by atoms with Gasteiger partial charge in [-0.05, 0) is 19.9 Å². The lowest BCUT2D eigenvalue weighted by Gasteiger charge is -2.06. The Morgan fingerprint density at radius 3 is 2.62 bits per heavy atom. The molecule has 0 spiro atoms. The van der Waals surface area contributed by atoms with Crippen molar-refractivity contribution in [2.24, 2.45) is 0 Å². The van der Waals surface area contributed by atoms with Crippen LogP contribution in [0.5, 0.6) is 0 Å². The number of fused-ring (bicyclic) bond motifs is 1. The number of hydrogen-bond acceptors (Lipinski definition) is 4. The predicted molar refractivity (Wildman–Crippen MR) is 61.0 cm³/mol. The number of aromatic nitrogens is 3. The summed E-state index contributed by atoms with van der Waals surface area (Å²) < 4.78 is 24.1. The van der Waals surface area contributed by atoms with E-state index in [9.17, 15) is 8.42 Å². The number of rotatable bonds is 2. The molecule has 0 N–H and O–H groups in total. The Morgan fingerprint density at radius 2 is 2.06 bits per heavy atom. The molecule has 0 amide bonds. The Hall–Kier alpha value is -1.14. The maximum atomic E-state index is 11.1. The molecule has 0 saturated carbocycles. The quantitative estimate of drug-likeness (QED) is 0.773. The molecule has 0 atom stereocenters. The summed E-state index contributed by atoms with van der Waals surface area (Å²) in [5.74, 6) is 0. The second kappa shape index (κ2) is 3.71. The van der Waals surface area contributed by atoms with Crippen molar-refractivity contribution in [3.05, 3.63) is 18.6 Å². The Labute approximate surface area is 97.5 Å². The van der Waals surface area contributed by atoms with Crippen molar-refractivity contribution < 1.29 is 8.42 Å². The molecule has 5 nitrogen and oxygen atoms in total. The normalized spacial score (nSPS) is 12.5. The van der Waals surface area contributed by atoms with Crippen LogP contribution in [0.3, 0.4) is 0 Å². The molecule has 86 valence electrons. The lowest BCUT2D eigenvalue weighted by molar-refractivity contribution is 0.608. The van der Waals surface area contributed by atoms with Gasteiger partial charge in [0.15, 0.2) is 5.65 Å². The van der Waals surface area contributed by atoms with E-state index in [1.807, 2.05) is 18.4 Å². The fourth-order valence-corrected chi connectivity index (χ4v) is 2.10. The summed E-state index contributed by atoms with van der Waals surface area (Å²) in [7, 11) is 1.48. The molecule has 0 radical (unpaired) electrons. The van der Waals surface area contributed by atoms with Crippen LogP contribution in [0.1, 0.15) is 19.9 Å². The van der Waals surface area contributed by atoms with Gasteiger partial charge in [-0.1, -0.05) is 0 Å². The molecule has 2 heterocycles. The summed E-state index contributed by atoms with van der Waals surface area (Å²) in [4.78, 5) is 8.13. The van der Waals surface area contributed by atoms with E-state index in [1.165, 1.54) is 12.3 Å². The number of imidazole rings is 1. The smallest absolute Gasteiger partial charge is 0.262 e. The standard InChI is InChI=1S/C9H10ClN3O2S/c1-6(2)13-5-12-8-3-7(16(10,14)15)4-11-9(8)13/h3-6H,1-2H3. The van der Waals surface area contributed by atoms with Crippen molar-refractivity contribution in [3.63, 3.8) is 0 Å². The van der Waals surface area contributed by atoms with Crippen molar-refractivity contribution in [3.8, 4) is 0 Å². The third-order valence-corrected chi connectivity index (χ3v) is 3.55. The molecule has 0 unspecified atom stereocenters. The highest BCUT2D eigenvalue weighted by molar-refractivity contribution is 8.13. The molecule has 0 aliphatic carbocycles. The fraction of sp³-hybridized carbons (Fsp3) is 0.333. The maximum absolute atomic E-state index is 11.1. The Bertz CT molecular complexity index is 633. The van der Waals surface area contributed by atoms with Crippen molar-refractivity contribution in [1.29, 1.82) is 0 Å². The van der Waals surface area contributed by atoms with Gasteiger partial charge in [-0.3, -0.25) is 0 Å². The van der Waals surface area contributed by atoms with Gasteiger partial charge in [-0.25, -0.2) is 18.4 Å². The first-order valence-corrected chi connectivity index (χ1v) is 6.98. The molecule has 0 fully saturated rings. The zero-order valence-electron chi connectivity index (χ0n) is 8.75. The zero-order chi connectivity index (χ0) is 11.9. The van der Waals surface area contributed by atoms with Gasteiger partial charge in [0, 0.05) is 22.9 Å². The lowest BCUT2D eigenvalue weighted by atomic mass is 10.4. The summed E-state index contributed by atoms with van der Waals surface area (Å²) in [6.07, 6.45) is 2.87. The van der Waals surface area contributed by atoms with E-state index in [1.54, 1.807) is 6.33 Å². The molecule has 0 aliphatic heterocycles. The average Bonchev–Trinajstić information content (AvgIpc) is 2.58. The molecule has 16 heavy (non-hydrogen) atoms. The molecule has 0 bridgehead atoms. The summed E-state index contributed by atoms with van der Waals surface area (Å²) >= 11 is 0. The van der Waals surface area contributed by atoms with Crippen molar-refractivity contribution in [2.75, 3.05) is 0 Å². The minimum atomic E-state index is -3.74. The van der Waals surface area contributed by atoms with Gasteiger partial charge in [-0.15, -0.1) is 0 Å². The largest absolute Gasteiger partial charge is 0.313 e.